The molecule has 2 aromatic heterocycles. The lowest BCUT2D eigenvalue weighted by Crippen LogP contribution is -2.11. The second-order valence-corrected chi connectivity index (χ2v) is 9.26. The van der Waals surface area contributed by atoms with Crippen LogP contribution in [-0.2, 0) is 10.0 Å². The van der Waals surface area contributed by atoms with Crippen molar-refractivity contribution in [2.24, 2.45) is 5.14 Å². The molecule has 3 N–H and O–H groups in total. The highest BCUT2D eigenvalue weighted by molar-refractivity contribution is 7.89. The van der Waals surface area contributed by atoms with Crippen molar-refractivity contribution in [3.05, 3.63) is 38.5 Å². The van der Waals surface area contributed by atoms with Crippen molar-refractivity contribution in [1.82, 2.24) is 4.98 Å². The van der Waals surface area contributed by atoms with Gasteiger partial charge in [0.1, 0.15) is 4.34 Å². The van der Waals surface area contributed by atoms with Crippen molar-refractivity contribution < 1.29 is 13.2 Å². The zero-order chi connectivity index (χ0) is 16.8. The molecule has 1 aromatic carbocycles. The Morgan fingerprint density at radius 2 is 1.96 bits per heavy atom. The molecule has 0 saturated heterocycles. The molecular weight excluding hydrogens is 401 g/mol. The van der Waals surface area contributed by atoms with E-state index in [1.165, 1.54) is 24.3 Å². The highest BCUT2D eigenvalue weighted by atomic mass is 35.5. The summed E-state index contributed by atoms with van der Waals surface area (Å²) in [5, 5.41) is 8.02. The van der Waals surface area contributed by atoms with Gasteiger partial charge < -0.3 is 0 Å². The Bertz CT molecular complexity index is 1030. The molecule has 0 radical (unpaired) electrons. The van der Waals surface area contributed by atoms with E-state index in [9.17, 15) is 13.2 Å². The van der Waals surface area contributed by atoms with Gasteiger partial charge in [-0.25, -0.2) is 18.5 Å². The van der Waals surface area contributed by atoms with Crippen molar-refractivity contribution in [2.75, 3.05) is 5.32 Å². The van der Waals surface area contributed by atoms with E-state index in [0.717, 1.165) is 22.7 Å². The molecular formula is C12H7Cl2N3O3S3. The smallest absolute Gasteiger partial charge is 0.259 e. The van der Waals surface area contributed by atoms with Crippen LogP contribution in [0.25, 0.3) is 10.2 Å². The number of carbonyl (C=O) groups is 1. The van der Waals surface area contributed by atoms with Crippen molar-refractivity contribution in [2.45, 2.75) is 4.90 Å². The fraction of sp³-hybridized carbons (Fsp3) is 0. The first-order chi connectivity index (χ1) is 10.7. The first kappa shape index (κ1) is 16.6. The molecule has 0 aliphatic carbocycles. The van der Waals surface area contributed by atoms with E-state index in [1.54, 1.807) is 0 Å². The molecule has 0 unspecified atom stereocenters. The molecule has 23 heavy (non-hydrogen) atoms. The second-order valence-electron chi connectivity index (χ2n) is 4.39. The molecule has 6 nitrogen and oxygen atoms in total. The van der Waals surface area contributed by atoms with Gasteiger partial charge >= 0.3 is 0 Å². The van der Waals surface area contributed by atoms with Crippen LogP contribution in [0.2, 0.25) is 8.67 Å². The van der Waals surface area contributed by atoms with E-state index in [4.69, 9.17) is 28.3 Å². The minimum absolute atomic E-state index is 0.0146. The number of nitrogens with two attached hydrogens (primary N) is 1. The van der Waals surface area contributed by atoms with E-state index in [0.29, 0.717) is 19.7 Å². The number of sulfonamides is 1. The number of amides is 1. The van der Waals surface area contributed by atoms with Crippen LogP contribution in [0, 0.1) is 0 Å². The van der Waals surface area contributed by atoms with Crippen LogP contribution in [-0.4, -0.2) is 19.3 Å². The lowest BCUT2D eigenvalue weighted by molar-refractivity contribution is 0.102. The van der Waals surface area contributed by atoms with Crippen LogP contribution in [0.1, 0.15) is 10.4 Å². The van der Waals surface area contributed by atoms with Gasteiger partial charge in [-0.3, -0.25) is 10.1 Å². The number of nitrogens with one attached hydrogen (secondary N) is 1. The Hall–Kier alpha value is -1.23. The normalized spacial score (nSPS) is 11.8. The summed E-state index contributed by atoms with van der Waals surface area (Å²) < 4.78 is 24.0. The number of thiazole rings is 1. The number of anilines is 1. The minimum atomic E-state index is -3.79. The van der Waals surface area contributed by atoms with Crippen molar-refractivity contribution in [1.29, 1.82) is 0 Å². The molecule has 1 amide bonds. The van der Waals surface area contributed by atoms with Crippen LogP contribution in [0.3, 0.4) is 0 Å². The van der Waals surface area contributed by atoms with E-state index in [1.807, 2.05) is 0 Å². The van der Waals surface area contributed by atoms with Gasteiger partial charge in [-0.05, 0) is 24.3 Å². The third-order valence-electron chi connectivity index (χ3n) is 2.81. The quantitative estimate of drug-likeness (QED) is 0.692. The summed E-state index contributed by atoms with van der Waals surface area (Å²) in [6.45, 7) is 0. The van der Waals surface area contributed by atoms with Gasteiger partial charge in [0, 0.05) is 0 Å². The summed E-state index contributed by atoms with van der Waals surface area (Å²) in [7, 11) is -3.79. The van der Waals surface area contributed by atoms with Crippen LogP contribution < -0.4 is 10.5 Å². The maximum atomic E-state index is 12.2. The molecule has 3 rings (SSSR count). The average molecular weight is 408 g/mol. The second kappa shape index (κ2) is 6.00. The standard InChI is InChI=1S/C12H7Cl2N3O3S3/c13-9-4-6(10(14)22-9)11(18)17-12-16-7-2-1-5(23(15,19)20)3-8(7)21-12/h1-4H,(H2,15,19,20)(H,16,17,18). The molecule has 0 fully saturated rings. The number of hydrogen-bond donors (Lipinski definition) is 2. The topological polar surface area (TPSA) is 102 Å². The van der Waals surface area contributed by atoms with E-state index in [2.05, 4.69) is 10.3 Å². The Balaban J connectivity index is 1.92. The van der Waals surface area contributed by atoms with E-state index >= 15 is 0 Å². The molecule has 0 bridgehead atoms. The number of halogens is 2. The summed E-state index contributed by atoms with van der Waals surface area (Å²) in [4.78, 5) is 16.4. The molecule has 0 atom stereocenters. The molecule has 11 heteroatoms. The lowest BCUT2D eigenvalue weighted by Gasteiger charge is -1.98. The highest BCUT2D eigenvalue weighted by Gasteiger charge is 2.17. The molecule has 0 aliphatic heterocycles. The predicted octanol–water partition coefficient (Wildman–Crippen LogP) is 3.56. The maximum absolute atomic E-state index is 12.2. The molecule has 0 spiro atoms. The lowest BCUT2D eigenvalue weighted by atomic mass is 10.3. The summed E-state index contributed by atoms with van der Waals surface area (Å²) in [6.07, 6.45) is 0. The van der Waals surface area contributed by atoms with E-state index < -0.39 is 15.9 Å². The molecule has 2 heterocycles. The van der Waals surface area contributed by atoms with Crippen LogP contribution in [0.15, 0.2) is 29.2 Å². The third kappa shape index (κ3) is 3.49. The summed E-state index contributed by atoms with van der Waals surface area (Å²) in [5.74, 6) is -0.441. The van der Waals surface area contributed by atoms with Crippen LogP contribution >= 0.6 is 45.9 Å². The fourth-order valence-corrected chi connectivity index (χ4v) is 4.77. The zero-order valence-corrected chi connectivity index (χ0v) is 15.0. The number of nitrogens with zero attached hydrogens (tertiary/aromatic N) is 1. The van der Waals surface area contributed by atoms with Crippen LogP contribution in [0.5, 0.6) is 0 Å². The van der Waals surface area contributed by atoms with Gasteiger partial charge in [-0.2, -0.15) is 0 Å². The average Bonchev–Trinajstić information content (AvgIpc) is 2.98. The summed E-state index contributed by atoms with van der Waals surface area (Å²) in [5.41, 5.74) is 0.804. The number of hydrogen-bond acceptors (Lipinski definition) is 6. The summed E-state index contributed by atoms with van der Waals surface area (Å²) >= 11 is 14.0. The number of benzene rings is 1. The molecule has 0 aliphatic rings. The van der Waals surface area contributed by atoms with Gasteiger partial charge in [-0.1, -0.05) is 34.5 Å². The van der Waals surface area contributed by atoms with Gasteiger partial charge in [0.25, 0.3) is 5.91 Å². The minimum Gasteiger partial charge on any atom is -0.298 e. The maximum Gasteiger partial charge on any atom is 0.259 e. The Morgan fingerprint density at radius 1 is 1.22 bits per heavy atom. The SMILES string of the molecule is NS(=O)(=O)c1ccc2nc(NC(=O)c3cc(Cl)sc3Cl)sc2c1. The van der Waals surface area contributed by atoms with Crippen LogP contribution in [0.4, 0.5) is 5.13 Å². The van der Waals surface area contributed by atoms with Crippen molar-refractivity contribution >= 4 is 77.2 Å². The number of thiophene rings is 1. The Morgan fingerprint density at radius 3 is 2.57 bits per heavy atom. The molecule has 120 valence electrons. The largest absolute Gasteiger partial charge is 0.298 e. The van der Waals surface area contributed by atoms with Gasteiger partial charge in [0.2, 0.25) is 10.0 Å². The number of carbonyl (C=O) groups excluding carboxylic acids is 1. The molecule has 3 aromatic rings. The van der Waals surface area contributed by atoms with Crippen molar-refractivity contribution in [3.8, 4) is 0 Å². The number of aromatic nitrogens is 1. The zero-order valence-electron chi connectivity index (χ0n) is 11.0. The Labute approximate surface area is 148 Å². The number of primary sulfonamides is 1. The van der Waals surface area contributed by atoms with Gasteiger partial charge in [-0.15, -0.1) is 11.3 Å². The van der Waals surface area contributed by atoms with Gasteiger partial charge in [0.05, 0.1) is 25.0 Å². The monoisotopic (exact) mass is 407 g/mol. The fourth-order valence-electron chi connectivity index (χ4n) is 1.79. The summed E-state index contributed by atoms with van der Waals surface area (Å²) in [6, 6.07) is 5.76. The number of rotatable bonds is 3. The third-order valence-corrected chi connectivity index (χ3v) is 6.14. The molecule has 0 saturated carbocycles. The Kier molecular flexibility index (Phi) is 4.34. The van der Waals surface area contributed by atoms with E-state index in [-0.39, 0.29) is 14.8 Å². The van der Waals surface area contributed by atoms with Gasteiger partial charge in [0.15, 0.2) is 5.13 Å². The predicted molar refractivity (Wildman–Crippen MR) is 93.3 cm³/mol. The highest BCUT2D eigenvalue weighted by Crippen LogP contribution is 2.33. The first-order valence-electron chi connectivity index (χ1n) is 5.93. The number of fused-ring (bicyclic) bond motifs is 1. The van der Waals surface area contributed by atoms with Crippen molar-refractivity contribution in [3.63, 3.8) is 0 Å². The first-order valence-corrected chi connectivity index (χ1v) is 9.87.